The van der Waals surface area contributed by atoms with Crippen molar-refractivity contribution in [3.05, 3.63) is 35.9 Å². The summed E-state index contributed by atoms with van der Waals surface area (Å²) < 4.78 is 0. The summed E-state index contributed by atoms with van der Waals surface area (Å²) in [6, 6.07) is 10.3. The fourth-order valence-electron chi connectivity index (χ4n) is 2.62. The molecular formula is C16H23NO2. The van der Waals surface area contributed by atoms with Gasteiger partial charge in [-0.15, -0.1) is 0 Å². The molecule has 2 rings (SSSR count). The third-order valence-corrected chi connectivity index (χ3v) is 3.88. The van der Waals surface area contributed by atoms with Crippen LogP contribution in [0.1, 0.15) is 38.2 Å². The van der Waals surface area contributed by atoms with E-state index in [1.54, 1.807) is 0 Å². The minimum atomic E-state index is -0.171. The lowest BCUT2D eigenvalue weighted by molar-refractivity contribution is -0.125. The van der Waals surface area contributed by atoms with Gasteiger partial charge in [-0.1, -0.05) is 37.3 Å². The average molecular weight is 261 g/mol. The quantitative estimate of drug-likeness (QED) is 0.873. The Morgan fingerprint density at radius 1 is 1.26 bits per heavy atom. The van der Waals surface area contributed by atoms with Gasteiger partial charge in [0.25, 0.3) is 0 Å². The zero-order chi connectivity index (χ0) is 13.7. The van der Waals surface area contributed by atoms with Crippen molar-refractivity contribution >= 4 is 5.91 Å². The summed E-state index contributed by atoms with van der Waals surface area (Å²) in [5.41, 5.74) is 1.20. The molecule has 104 valence electrons. The summed E-state index contributed by atoms with van der Waals surface area (Å²) >= 11 is 0. The van der Waals surface area contributed by atoms with Crippen molar-refractivity contribution in [2.45, 2.75) is 51.2 Å². The first kappa shape index (κ1) is 14.1. The van der Waals surface area contributed by atoms with Gasteiger partial charge in [0, 0.05) is 12.0 Å². The van der Waals surface area contributed by atoms with Crippen molar-refractivity contribution in [1.29, 1.82) is 0 Å². The Labute approximate surface area is 115 Å². The Hall–Kier alpha value is -1.35. The molecule has 0 spiro atoms. The number of nitrogens with one attached hydrogen (secondary N) is 1. The summed E-state index contributed by atoms with van der Waals surface area (Å²) in [4.78, 5) is 12.1. The lowest BCUT2D eigenvalue weighted by Crippen LogP contribution is -2.41. The van der Waals surface area contributed by atoms with Crippen LogP contribution >= 0.6 is 0 Å². The smallest absolute Gasteiger partial charge is 0.223 e. The van der Waals surface area contributed by atoms with E-state index in [2.05, 4.69) is 17.4 Å². The monoisotopic (exact) mass is 261 g/mol. The normalized spacial score (nSPS) is 24.7. The van der Waals surface area contributed by atoms with Crippen molar-refractivity contribution in [3.63, 3.8) is 0 Å². The number of amides is 1. The molecule has 3 heteroatoms. The van der Waals surface area contributed by atoms with Crippen LogP contribution in [-0.2, 0) is 11.2 Å². The molecule has 1 unspecified atom stereocenters. The summed E-state index contributed by atoms with van der Waals surface area (Å²) in [5, 5.41) is 12.6. The van der Waals surface area contributed by atoms with Crippen LogP contribution in [0, 0.1) is 5.92 Å². The highest BCUT2D eigenvalue weighted by molar-refractivity contribution is 5.78. The first-order valence-corrected chi connectivity index (χ1v) is 7.17. The largest absolute Gasteiger partial charge is 0.393 e. The number of aliphatic hydroxyl groups excluding tert-OH is 1. The second kappa shape index (κ2) is 6.71. The second-order valence-electron chi connectivity index (χ2n) is 5.60. The number of aliphatic hydroxyl groups is 1. The van der Waals surface area contributed by atoms with Crippen LogP contribution in [0.3, 0.4) is 0 Å². The highest BCUT2D eigenvalue weighted by atomic mass is 16.3. The zero-order valence-corrected chi connectivity index (χ0v) is 11.5. The van der Waals surface area contributed by atoms with Gasteiger partial charge in [-0.25, -0.2) is 0 Å². The Morgan fingerprint density at radius 2 is 1.89 bits per heavy atom. The molecule has 1 aliphatic carbocycles. The minimum Gasteiger partial charge on any atom is -0.393 e. The molecular weight excluding hydrogens is 238 g/mol. The summed E-state index contributed by atoms with van der Waals surface area (Å²) in [7, 11) is 0. The van der Waals surface area contributed by atoms with Gasteiger partial charge in [0.1, 0.15) is 0 Å². The number of benzene rings is 1. The molecule has 1 saturated carbocycles. The van der Waals surface area contributed by atoms with E-state index in [1.807, 2.05) is 25.1 Å². The van der Waals surface area contributed by atoms with Crippen LogP contribution in [0.5, 0.6) is 0 Å². The molecule has 0 aliphatic heterocycles. The van der Waals surface area contributed by atoms with Gasteiger partial charge < -0.3 is 10.4 Å². The van der Waals surface area contributed by atoms with Gasteiger partial charge in [0.15, 0.2) is 0 Å². The van der Waals surface area contributed by atoms with Crippen molar-refractivity contribution in [2.75, 3.05) is 0 Å². The van der Waals surface area contributed by atoms with Crippen LogP contribution in [0.4, 0.5) is 0 Å². The predicted octanol–water partition coefficient (Wildman–Crippen LogP) is 2.28. The maximum Gasteiger partial charge on any atom is 0.223 e. The first-order chi connectivity index (χ1) is 9.15. The number of hydrogen-bond donors (Lipinski definition) is 2. The molecule has 1 fully saturated rings. The number of carbonyl (C=O) groups is 1. The van der Waals surface area contributed by atoms with Crippen LogP contribution in [0.15, 0.2) is 30.3 Å². The molecule has 0 aromatic heterocycles. The van der Waals surface area contributed by atoms with E-state index in [-0.39, 0.29) is 24.0 Å². The van der Waals surface area contributed by atoms with E-state index in [9.17, 15) is 9.90 Å². The van der Waals surface area contributed by atoms with Gasteiger partial charge in [-0.05, 0) is 37.7 Å². The molecule has 19 heavy (non-hydrogen) atoms. The lowest BCUT2D eigenvalue weighted by atomic mass is 9.92. The molecule has 0 bridgehead atoms. The summed E-state index contributed by atoms with van der Waals surface area (Å²) in [6.45, 7) is 1.97. The number of hydrogen-bond acceptors (Lipinski definition) is 2. The second-order valence-corrected chi connectivity index (χ2v) is 5.60. The molecule has 3 nitrogen and oxygen atoms in total. The van der Waals surface area contributed by atoms with Gasteiger partial charge in [0.05, 0.1) is 6.10 Å². The van der Waals surface area contributed by atoms with E-state index < -0.39 is 0 Å². The third-order valence-electron chi connectivity index (χ3n) is 3.88. The Morgan fingerprint density at radius 3 is 2.53 bits per heavy atom. The molecule has 2 N–H and O–H groups in total. The lowest BCUT2D eigenvalue weighted by Gasteiger charge is -2.27. The fraction of sp³-hybridized carbons (Fsp3) is 0.562. The SMILES string of the molecule is CC(Cc1ccccc1)C(=O)NC1CCC(O)CC1. The fourth-order valence-corrected chi connectivity index (χ4v) is 2.62. The van der Waals surface area contributed by atoms with E-state index in [1.165, 1.54) is 5.56 Å². The van der Waals surface area contributed by atoms with Crippen molar-refractivity contribution in [2.24, 2.45) is 5.92 Å². The predicted molar refractivity (Wildman–Crippen MR) is 75.7 cm³/mol. The standard InChI is InChI=1S/C16H23NO2/c1-12(11-13-5-3-2-4-6-13)16(19)17-14-7-9-15(18)10-8-14/h2-6,12,14-15,18H,7-11H2,1H3,(H,17,19). The highest BCUT2D eigenvalue weighted by Gasteiger charge is 2.22. The van der Waals surface area contributed by atoms with E-state index in [4.69, 9.17) is 0 Å². The van der Waals surface area contributed by atoms with Crippen LogP contribution in [0.2, 0.25) is 0 Å². The van der Waals surface area contributed by atoms with Crippen LogP contribution in [-0.4, -0.2) is 23.2 Å². The maximum absolute atomic E-state index is 12.1. The van der Waals surface area contributed by atoms with Crippen molar-refractivity contribution in [3.8, 4) is 0 Å². The molecule has 1 amide bonds. The molecule has 0 saturated heterocycles. The van der Waals surface area contributed by atoms with Crippen molar-refractivity contribution < 1.29 is 9.90 Å². The Kier molecular flexibility index (Phi) is 4.97. The van der Waals surface area contributed by atoms with E-state index >= 15 is 0 Å². The van der Waals surface area contributed by atoms with E-state index in [0.29, 0.717) is 0 Å². The Balaban J connectivity index is 1.79. The molecule has 0 radical (unpaired) electrons. The molecule has 1 aromatic rings. The topological polar surface area (TPSA) is 49.3 Å². The van der Waals surface area contributed by atoms with Gasteiger partial charge >= 0.3 is 0 Å². The summed E-state index contributed by atoms with van der Waals surface area (Å²) in [6.07, 6.45) is 4.00. The maximum atomic E-state index is 12.1. The van der Waals surface area contributed by atoms with Gasteiger partial charge in [-0.3, -0.25) is 4.79 Å². The van der Waals surface area contributed by atoms with Crippen molar-refractivity contribution in [1.82, 2.24) is 5.32 Å². The van der Waals surface area contributed by atoms with Gasteiger partial charge in [-0.2, -0.15) is 0 Å². The van der Waals surface area contributed by atoms with Gasteiger partial charge in [0.2, 0.25) is 5.91 Å². The van der Waals surface area contributed by atoms with E-state index in [0.717, 1.165) is 32.1 Å². The zero-order valence-electron chi connectivity index (χ0n) is 11.5. The minimum absolute atomic E-state index is 0.00532. The van der Waals surface area contributed by atoms with Crippen LogP contribution in [0.25, 0.3) is 0 Å². The molecule has 0 heterocycles. The highest BCUT2D eigenvalue weighted by Crippen LogP contribution is 2.19. The molecule has 1 atom stereocenters. The Bertz CT molecular complexity index is 396. The van der Waals surface area contributed by atoms with Crippen LogP contribution < -0.4 is 5.32 Å². The number of rotatable bonds is 4. The summed E-state index contributed by atoms with van der Waals surface area (Å²) in [5.74, 6) is 0.125. The molecule has 1 aromatic carbocycles. The number of carbonyl (C=O) groups excluding carboxylic acids is 1. The first-order valence-electron chi connectivity index (χ1n) is 7.17. The average Bonchev–Trinajstić information content (AvgIpc) is 2.42. The third kappa shape index (κ3) is 4.35. The molecule has 1 aliphatic rings.